The molecule has 2 aromatic rings. The van der Waals surface area contributed by atoms with E-state index in [0.717, 1.165) is 25.3 Å². The Balaban J connectivity index is 1.71. The maximum atomic E-state index is 12.7. The Morgan fingerprint density at radius 2 is 2.18 bits per heavy atom. The number of nitrogens with zero attached hydrogens (tertiary/aromatic N) is 2. The predicted molar refractivity (Wildman–Crippen MR) is 77.2 cm³/mol. The lowest BCUT2D eigenvalue weighted by atomic mass is 9.93. The number of rotatable bonds is 3. The highest BCUT2D eigenvalue weighted by molar-refractivity contribution is 5.27. The number of nitrogens with one attached hydrogen (secondary N) is 1. The number of benzene rings is 1. The lowest BCUT2D eigenvalue weighted by molar-refractivity contribution is -0.137. The number of halogens is 3. The highest BCUT2D eigenvalue weighted by Gasteiger charge is 2.30. The average molecular weight is 309 g/mol. The third-order valence-electron chi connectivity index (χ3n) is 4.18. The molecule has 0 amide bonds. The van der Waals surface area contributed by atoms with Crippen molar-refractivity contribution >= 4 is 0 Å². The molecule has 0 bridgehead atoms. The first-order chi connectivity index (χ1) is 10.4. The summed E-state index contributed by atoms with van der Waals surface area (Å²) in [5, 5.41) is 7.64. The maximum Gasteiger partial charge on any atom is 0.416 e. The van der Waals surface area contributed by atoms with Crippen molar-refractivity contribution in [3.8, 4) is 0 Å². The van der Waals surface area contributed by atoms with Crippen molar-refractivity contribution in [3.63, 3.8) is 0 Å². The van der Waals surface area contributed by atoms with Crippen molar-refractivity contribution in [2.24, 2.45) is 7.05 Å². The molecule has 0 radical (unpaired) electrons. The topological polar surface area (TPSA) is 29.9 Å². The molecule has 1 atom stereocenters. The largest absolute Gasteiger partial charge is 0.416 e. The molecule has 3 nitrogen and oxygen atoms in total. The van der Waals surface area contributed by atoms with Crippen molar-refractivity contribution in [3.05, 3.63) is 52.8 Å². The van der Waals surface area contributed by atoms with Gasteiger partial charge in [-0.15, -0.1) is 0 Å². The van der Waals surface area contributed by atoms with Crippen molar-refractivity contribution in [2.45, 2.75) is 38.0 Å². The van der Waals surface area contributed by atoms with Crippen LogP contribution in [-0.4, -0.2) is 9.78 Å². The van der Waals surface area contributed by atoms with Gasteiger partial charge >= 0.3 is 6.18 Å². The van der Waals surface area contributed by atoms with Gasteiger partial charge in [-0.25, -0.2) is 0 Å². The quantitative estimate of drug-likeness (QED) is 0.939. The van der Waals surface area contributed by atoms with Gasteiger partial charge in [0.05, 0.1) is 11.8 Å². The maximum absolute atomic E-state index is 12.7. The van der Waals surface area contributed by atoms with E-state index in [4.69, 9.17) is 0 Å². The fourth-order valence-corrected chi connectivity index (χ4v) is 3.02. The minimum Gasteiger partial charge on any atom is -0.306 e. The van der Waals surface area contributed by atoms with Crippen LogP contribution in [0.4, 0.5) is 13.2 Å². The Kier molecular flexibility index (Phi) is 3.95. The van der Waals surface area contributed by atoms with Gasteiger partial charge in [0.25, 0.3) is 0 Å². The molecule has 1 aromatic carbocycles. The summed E-state index contributed by atoms with van der Waals surface area (Å²) >= 11 is 0. The first-order valence-electron chi connectivity index (χ1n) is 7.35. The van der Waals surface area contributed by atoms with Gasteiger partial charge in [-0.2, -0.15) is 18.3 Å². The van der Waals surface area contributed by atoms with Crippen LogP contribution in [0.5, 0.6) is 0 Å². The second-order valence-electron chi connectivity index (χ2n) is 5.69. The van der Waals surface area contributed by atoms with Crippen LogP contribution >= 0.6 is 0 Å². The van der Waals surface area contributed by atoms with Crippen LogP contribution in [0, 0.1) is 0 Å². The highest BCUT2D eigenvalue weighted by Crippen LogP contribution is 2.31. The molecule has 22 heavy (non-hydrogen) atoms. The summed E-state index contributed by atoms with van der Waals surface area (Å²) in [7, 11) is 1.92. The number of hydrogen-bond acceptors (Lipinski definition) is 2. The third-order valence-corrected chi connectivity index (χ3v) is 4.18. The summed E-state index contributed by atoms with van der Waals surface area (Å²) in [5.74, 6) is 0. The van der Waals surface area contributed by atoms with E-state index < -0.39 is 11.7 Å². The zero-order chi connectivity index (χ0) is 15.7. The van der Waals surface area contributed by atoms with E-state index in [9.17, 15) is 13.2 Å². The summed E-state index contributed by atoms with van der Waals surface area (Å²) < 4.78 is 40.1. The molecule has 1 aliphatic carbocycles. The van der Waals surface area contributed by atoms with E-state index >= 15 is 0 Å². The van der Waals surface area contributed by atoms with Crippen LogP contribution in [0.3, 0.4) is 0 Å². The lowest BCUT2D eigenvalue weighted by Crippen LogP contribution is -2.25. The number of aryl methyl sites for hydroxylation is 1. The lowest BCUT2D eigenvalue weighted by Gasteiger charge is -2.24. The standard InChI is InChI=1S/C16H18F3N3/c1-22-15-7-3-6-14(13(15)10-21-22)20-9-11-4-2-5-12(8-11)16(17,18)19/h2,4-5,8,10,14,20H,3,6-7,9H2,1H3/t14-/m0/s1. The zero-order valence-electron chi connectivity index (χ0n) is 12.3. The van der Waals surface area contributed by atoms with Gasteiger partial charge in [-0.05, 0) is 30.9 Å². The summed E-state index contributed by atoms with van der Waals surface area (Å²) in [6, 6.07) is 5.64. The molecule has 1 heterocycles. The van der Waals surface area contributed by atoms with Crippen molar-refractivity contribution in [2.75, 3.05) is 0 Å². The van der Waals surface area contributed by atoms with Gasteiger partial charge in [0.2, 0.25) is 0 Å². The second-order valence-corrected chi connectivity index (χ2v) is 5.69. The number of aromatic nitrogens is 2. The number of hydrogen-bond donors (Lipinski definition) is 1. The minimum atomic E-state index is -4.29. The van der Waals surface area contributed by atoms with Gasteiger partial charge in [-0.3, -0.25) is 4.68 Å². The molecule has 1 aliphatic rings. The first-order valence-corrected chi connectivity index (χ1v) is 7.35. The summed E-state index contributed by atoms with van der Waals surface area (Å²) in [6.45, 7) is 0.420. The van der Waals surface area contributed by atoms with Crippen LogP contribution in [0.15, 0.2) is 30.5 Å². The zero-order valence-corrected chi connectivity index (χ0v) is 12.3. The van der Waals surface area contributed by atoms with Gasteiger partial charge in [0.15, 0.2) is 0 Å². The molecule has 0 spiro atoms. The van der Waals surface area contributed by atoms with Crippen LogP contribution in [0.2, 0.25) is 0 Å². The number of fused-ring (bicyclic) bond motifs is 1. The molecule has 0 fully saturated rings. The SMILES string of the molecule is Cn1ncc2c1CCC[C@@H]2NCc1cccc(C(F)(F)F)c1. The van der Waals surface area contributed by atoms with E-state index in [2.05, 4.69) is 10.4 Å². The molecule has 0 saturated heterocycles. The van der Waals surface area contributed by atoms with Crippen molar-refractivity contribution in [1.29, 1.82) is 0 Å². The molecule has 3 rings (SSSR count). The van der Waals surface area contributed by atoms with Crippen LogP contribution in [0.1, 0.15) is 41.3 Å². The Bertz CT molecular complexity index is 661. The molecular weight excluding hydrogens is 291 g/mol. The summed E-state index contributed by atoms with van der Waals surface area (Å²) in [4.78, 5) is 0. The molecule has 0 unspecified atom stereocenters. The highest BCUT2D eigenvalue weighted by atomic mass is 19.4. The first kappa shape index (κ1) is 15.1. The smallest absolute Gasteiger partial charge is 0.306 e. The van der Waals surface area contributed by atoms with Gasteiger partial charge in [0.1, 0.15) is 0 Å². The van der Waals surface area contributed by atoms with Gasteiger partial charge in [-0.1, -0.05) is 18.2 Å². The van der Waals surface area contributed by atoms with E-state index in [0.29, 0.717) is 12.1 Å². The molecule has 0 aliphatic heterocycles. The van der Waals surface area contributed by atoms with Crippen molar-refractivity contribution in [1.82, 2.24) is 15.1 Å². The summed E-state index contributed by atoms with van der Waals surface area (Å²) in [6.07, 6.45) is 0.619. The Morgan fingerprint density at radius 1 is 1.36 bits per heavy atom. The molecule has 0 saturated carbocycles. The Hall–Kier alpha value is -1.82. The van der Waals surface area contributed by atoms with Crippen molar-refractivity contribution < 1.29 is 13.2 Å². The van der Waals surface area contributed by atoms with E-state index in [1.54, 1.807) is 6.07 Å². The van der Waals surface area contributed by atoms with Crippen LogP contribution in [-0.2, 0) is 26.2 Å². The Morgan fingerprint density at radius 3 is 2.95 bits per heavy atom. The summed E-state index contributed by atoms with van der Waals surface area (Å²) in [5.41, 5.74) is 2.43. The van der Waals surface area contributed by atoms with Gasteiger partial charge in [0, 0.05) is 30.9 Å². The molecule has 118 valence electrons. The average Bonchev–Trinajstić information content (AvgIpc) is 2.87. The van der Waals surface area contributed by atoms with Crippen LogP contribution in [0.25, 0.3) is 0 Å². The van der Waals surface area contributed by atoms with E-state index in [1.807, 2.05) is 17.9 Å². The normalized spacial score (nSPS) is 18.3. The molecule has 1 N–H and O–H groups in total. The minimum absolute atomic E-state index is 0.159. The fourth-order valence-electron chi connectivity index (χ4n) is 3.02. The second kappa shape index (κ2) is 5.76. The van der Waals surface area contributed by atoms with Crippen LogP contribution < -0.4 is 5.32 Å². The van der Waals surface area contributed by atoms with E-state index in [-0.39, 0.29) is 6.04 Å². The fraction of sp³-hybridized carbons (Fsp3) is 0.438. The van der Waals surface area contributed by atoms with E-state index in [1.165, 1.54) is 23.4 Å². The Labute approximate surface area is 127 Å². The van der Waals surface area contributed by atoms with Gasteiger partial charge < -0.3 is 5.32 Å². The number of alkyl halides is 3. The monoisotopic (exact) mass is 309 g/mol. The molecule has 1 aromatic heterocycles. The third kappa shape index (κ3) is 3.02. The predicted octanol–water partition coefficient (Wildman–Crippen LogP) is 3.61. The molecule has 6 heteroatoms. The molecular formula is C16H18F3N3.